The molecule has 224 valence electrons. The average Bonchev–Trinajstić information content (AvgIpc) is 3.56. The van der Waals surface area contributed by atoms with Gasteiger partial charge in [-0.3, -0.25) is 14.4 Å². The van der Waals surface area contributed by atoms with Crippen LogP contribution in [0.5, 0.6) is 0 Å². The summed E-state index contributed by atoms with van der Waals surface area (Å²) in [5.74, 6) is -1.55. The second-order valence-electron chi connectivity index (χ2n) is 11.4. The molecule has 3 unspecified atom stereocenters. The maximum Gasteiger partial charge on any atom is 0.247 e. The fourth-order valence-corrected chi connectivity index (χ4v) is 10.6. The van der Waals surface area contributed by atoms with E-state index in [4.69, 9.17) is 0 Å². The molecular weight excluding hydrogens is 602 g/mol. The first kappa shape index (κ1) is 31.8. The number of rotatable bonds is 15. The molecule has 1 N–H and O–H groups in total. The lowest BCUT2D eigenvalue weighted by molar-refractivity contribution is -0.147. The number of halogens is 1. The number of alkyl halides is 1. The van der Waals surface area contributed by atoms with E-state index in [1.165, 1.54) is 0 Å². The molecule has 1 aromatic carbocycles. The maximum atomic E-state index is 14.5. The smallest absolute Gasteiger partial charge is 0.247 e. The Morgan fingerprint density at radius 3 is 2.44 bits per heavy atom. The number of fused-ring (bicyclic) bond motifs is 1. The third-order valence-corrected chi connectivity index (χ3v) is 12.1. The van der Waals surface area contributed by atoms with E-state index in [0.29, 0.717) is 39.0 Å². The summed E-state index contributed by atoms with van der Waals surface area (Å²) in [5.41, 5.74) is 1.01. The largest absolute Gasteiger partial charge is 0.394 e. The van der Waals surface area contributed by atoms with Crippen LogP contribution >= 0.6 is 27.7 Å². The van der Waals surface area contributed by atoms with Crippen LogP contribution in [0.3, 0.4) is 0 Å². The van der Waals surface area contributed by atoms with Crippen LogP contribution < -0.4 is 0 Å². The molecule has 3 heterocycles. The van der Waals surface area contributed by atoms with Gasteiger partial charge in [-0.05, 0) is 24.8 Å². The van der Waals surface area contributed by atoms with Gasteiger partial charge in [0, 0.05) is 36.3 Å². The molecular formula is C32H44BrN3O4S. The van der Waals surface area contributed by atoms with Gasteiger partial charge >= 0.3 is 0 Å². The summed E-state index contributed by atoms with van der Waals surface area (Å²) in [5, 5.41) is 10.2. The van der Waals surface area contributed by atoms with Crippen molar-refractivity contribution in [2.45, 2.75) is 79.4 Å². The number of aliphatic hydroxyl groups excluding tert-OH is 1. The van der Waals surface area contributed by atoms with Crippen molar-refractivity contribution in [2.75, 3.05) is 26.2 Å². The molecule has 3 saturated heterocycles. The number of hydrogen-bond donors (Lipinski definition) is 1. The zero-order valence-electron chi connectivity index (χ0n) is 24.3. The standard InChI is InChI=1S/C32H44BrN3O4S/c1-5-9-13-18-34(16-6-2)31(40)28-32-19-24(33)27(41-32)25(26(32)30(39)36(28)23(8-4)21-37)29(38)35(17-7-3)20-22-14-11-10-12-15-22/h6-7,10-12,14-15,23-28,37H,2-3,5,8-9,13,16-21H2,1,4H3/t23-,24?,25-,26-,27-,28?,32?/m0/s1. The highest BCUT2D eigenvalue weighted by Crippen LogP contribution is 2.68. The second-order valence-corrected chi connectivity index (χ2v) is 14.1. The van der Waals surface area contributed by atoms with Gasteiger partial charge in [0.25, 0.3) is 0 Å². The van der Waals surface area contributed by atoms with E-state index in [-0.39, 0.29) is 34.4 Å². The van der Waals surface area contributed by atoms with E-state index in [0.717, 1.165) is 24.8 Å². The topological polar surface area (TPSA) is 81.2 Å². The predicted octanol–water partition coefficient (Wildman–Crippen LogP) is 4.64. The number of aliphatic hydroxyl groups is 1. The minimum atomic E-state index is -0.743. The zero-order valence-corrected chi connectivity index (χ0v) is 26.7. The Labute approximate surface area is 257 Å². The molecule has 0 saturated carbocycles. The SMILES string of the molecule is C=CCN(CCCCC)C(=O)C1N([C@@H](CC)CO)C(=O)[C@@H]2[C@H](C(=O)N(CC=C)Cc3ccccc3)[C@H]3SC12CC3Br. The highest BCUT2D eigenvalue weighted by molar-refractivity contribution is 9.09. The fraction of sp³-hybridized carbons (Fsp3) is 0.594. The summed E-state index contributed by atoms with van der Waals surface area (Å²) in [6, 6.07) is 8.60. The Morgan fingerprint density at radius 1 is 1.15 bits per heavy atom. The number of unbranched alkanes of at least 4 members (excludes halogenated alkanes) is 2. The van der Waals surface area contributed by atoms with Gasteiger partial charge in [0.05, 0.1) is 29.2 Å². The Bertz CT molecular complexity index is 1120. The highest BCUT2D eigenvalue weighted by atomic mass is 79.9. The lowest BCUT2D eigenvalue weighted by atomic mass is 9.70. The number of nitrogens with zero attached hydrogens (tertiary/aromatic N) is 3. The van der Waals surface area contributed by atoms with Crippen LogP contribution in [-0.2, 0) is 20.9 Å². The fourth-order valence-electron chi connectivity index (χ4n) is 7.01. The van der Waals surface area contributed by atoms with Crippen LogP contribution in [0.2, 0.25) is 0 Å². The van der Waals surface area contributed by atoms with E-state index in [1.807, 2.05) is 42.2 Å². The molecule has 7 nitrogen and oxygen atoms in total. The minimum Gasteiger partial charge on any atom is -0.394 e. The van der Waals surface area contributed by atoms with Crippen LogP contribution in [0.15, 0.2) is 55.6 Å². The van der Waals surface area contributed by atoms with Gasteiger partial charge in [0.15, 0.2) is 0 Å². The van der Waals surface area contributed by atoms with Crippen LogP contribution in [-0.4, -0.2) is 90.7 Å². The highest BCUT2D eigenvalue weighted by Gasteiger charge is 2.76. The van der Waals surface area contributed by atoms with Crippen molar-refractivity contribution >= 4 is 45.4 Å². The molecule has 1 spiro atoms. The maximum absolute atomic E-state index is 14.5. The number of amides is 3. The van der Waals surface area contributed by atoms with Gasteiger partial charge in [-0.1, -0.05) is 85.1 Å². The van der Waals surface area contributed by atoms with E-state index >= 15 is 0 Å². The summed E-state index contributed by atoms with van der Waals surface area (Å²) < 4.78 is -0.743. The zero-order chi connectivity index (χ0) is 29.7. The van der Waals surface area contributed by atoms with Gasteiger partial charge in [-0.2, -0.15) is 0 Å². The number of carbonyl (C=O) groups is 3. The van der Waals surface area contributed by atoms with Crippen molar-refractivity contribution in [3.05, 3.63) is 61.2 Å². The molecule has 3 fully saturated rings. The van der Waals surface area contributed by atoms with Crippen LogP contribution in [0.4, 0.5) is 0 Å². The van der Waals surface area contributed by atoms with Crippen molar-refractivity contribution in [3.8, 4) is 0 Å². The van der Waals surface area contributed by atoms with Crippen molar-refractivity contribution in [1.29, 1.82) is 0 Å². The first-order chi connectivity index (χ1) is 19.8. The Balaban J connectivity index is 1.74. The first-order valence-electron chi connectivity index (χ1n) is 14.9. The van der Waals surface area contributed by atoms with Crippen molar-refractivity contribution in [2.24, 2.45) is 11.8 Å². The predicted molar refractivity (Wildman–Crippen MR) is 169 cm³/mol. The van der Waals surface area contributed by atoms with Crippen LogP contribution in [0, 0.1) is 11.8 Å². The molecule has 4 rings (SSSR count). The molecule has 41 heavy (non-hydrogen) atoms. The molecule has 2 bridgehead atoms. The Morgan fingerprint density at radius 2 is 1.83 bits per heavy atom. The molecule has 0 radical (unpaired) electrons. The number of benzene rings is 1. The summed E-state index contributed by atoms with van der Waals surface area (Å²) in [6.45, 7) is 13.4. The third kappa shape index (κ3) is 5.91. The number of likely N-dealkylation sites (tertiary alicyclic amines) is 1. The average molecular weight is 647 g/mol. The number of carbonyl (C=O) groups excluding carboxylic acids is 3. The lowest BCUT2D eigenvalue weighted by Crippen LogP contribution is -2.58. The van der Waals surface area contributed by atoms with Gasteiger partial charge in [0.1, 0.15) is 6.04 Å². The first-order valence-corrected chi connectivity index (χ1v) is 16.7. The minimum absolute atomic E-state index is 0.00907. The van der Waals surface area contributed by atoms with E-state index < -0.39 is 28.7 Å². The van der Waals surface area contributed by atoms with Crippen molar-refractivity contribution < 1.29 is 19.5 Å². The van der Waals surface area contributed by atoms with Crippen molar-refractivity contribution in [1.82, 2.24) is 14.7 Å². The number of hydrogen-bond acceptors (Lipinski definition) is 5. The van der Waals surface area contributed by atoms with Gasteiger partial charge in [-0.15, -0.1) is 24.9 Å². The molecule has 0 aromatic heterocycles. The normalized spacial score (nSPS) is 28.8. The lowest BCUT2D eigenvalue weighted by Gasteiger charge is -2.40. The van der Waals surface area contributed by atoms with Crippen LogP contribution in [0.1, 0.15) is 51.5 Å². The molecule has 3 amide bonds. The molecule has 7 atom stereocenters. The van der Waals surface area contributed by atoms with Crippen molar-refractivity contribution in [3.63, 3.8) is 0 Å². The van der Waals surface area contributed by atoms with E-state index in [2.05, 4.69) is 36.0 Å². The van der Waals surface area contributed by atoms with Crippen LogP contribution in [0.25, 0.3) is 0 Å². The van der Waals surface area contributed by atoms with Gasteiger partial charge in [0.2, 0.25) is 17.7 Å². The molecule has 3 aliphatic heterocycles. The molecule has 9 heteroatoms. The van der Waals surface area contributed by atoms with E-state index in [9.17, 15) is 19.5 Å². The molecule has 1 aromatic rings. The van der Waals surface area contributed by atoms with Gasteiger partial charge < -0.3 is 19.8 Å². The van der Waals surface area contributed by atoms with Gasteiger partial charge in [-0.25, -0.2) is 0 Å². The summed E-state index contributed by atoms with van der Waals surface area (Å²) in [4.78, 5) is 48.6. The number of thioether (sulfide) groups is 1. The van der Waals surface area contributed by atoms with E-state index in [1.54, 1.807) is 33.7 Å². The monoisotopic (exact) mass is 645 g/mol. The second kappa shape index (κ2) is 13.9. The summed E-state index contributed by atoms with van der Waals surface area (Å²) in [6.07, 6.45) is 7.52. The summed E-state index contributed by atoms with van der Waals surface area (Å²) in [7, 11) is 0. The quantitative estimate of drug-likeness (QED) is 0.171. The molecule has 0 aliphatic carbocycles. The Kier molecular flexibility index (Phi) is 10.8. The molecule has 3 aliphatic rings. The Hall–Kier alpha value is -2.10. The summed E-state index contributed by atoms with van der Waals surface area (Å²) >= 11 is 5.51. The third-order valence-electron chi connectivity index (χ3n) is 8.89.